The maximum Gasteiger partial charge on any atom is 0.243 e. The fourth-order valence-corrected chi connectivity index (χ4v) is 4.35. The van der Waals surface area contributed by atoms with Crippen molar-refractivity contribution in [1.29, 1.82) is 0 Å². The van der Waals surface area contributed by atoms with Gasteiger partial charge in [-0.15, -0.1) is 0 Å². The fraction of sp³-hybridized carbons (Fsp3) is 0.438. The second kappa shape index (κ2) is 5.72. The largest absolute Gasteiger partial charge is 0.331 e. The van der Waals surface area contributed by atoms with Crippen LogP contribution in [-0.2, 0) is 23.0 Å². The Labute approximate surface area is 135 Å². The van der Waals surface area contributed by atoms with Crippen molar-refractivity contribution >= 4 is 10.0 Å². The molecule has 0 bridgehead atoms. The number of rotatable bonds is 3. The number of sulfonamides is 1. The molecule has 0 unspecified atom stereocenters. The van der Waals surface area contributed by atoms with E-state index in [1.165, 1.54) is 22.5 Å². The van der Waals surface area contributed by atoms with Gasteiger partial charge >= 0.3 is 0 Å². The third kappa shape index (κ3) is 2.79. The third-order valence-electron chi connectivity index (χ3n) is 4.23. The predicted octanol–water partition coefficient (Wildman–Crippen LogP) is 2.66. The van der Waals surface area contributed by atoms with Crippen LogP contribution in [0.15, 0.2) is 29.4 Å². The first kappa shape index (κ1) is 16.1. The highest BCUT2D eigenvalue weighted by Crippen LogP contribution is 2.26. The van der Waals surface area contributed by atoms with Crippen molar-refractivity contribution in [3.8, 4) is 0 Å². The van der Waals surface area contributed by atoms with Crippen molar-refractivity contribution in [2.45, 2.75) is 44.7 Å². The van der Waals surface area contributed by atoms with Gasteiger partial charge in [-0.1, -0.05) is 0 Å². The molecule has 0 spiro atoms. The summed E-state index contributed by atoms with van der Waals surface area (Å²) in [4.78, 5) is 4.52. The van der Waals surface area contributed by atoms with Gasteiger partial charge in [-0.05, 0) is 44.5 Å². The predicted molar refractivity (Wildman–Crippen MR) is 85.0 cm³/mol. The fourth-order valence-electron chi connectivity index (χ4n) is 2.86. The molecule has 5 nitrogen and oxygen atoms in total. The molecular weight excluding hydrogens is 317 g/mol. The molecule has 0 radical (unpaired) electrons. The molecule has 1 aliphatic rings. The first-order chi connectivity index (χ1) is 10.8. The lowest BCUT2D eigenvalue weighted by Crippen LogP contribution is -2.37. The third-order valence-corrected chi connectivity index (χ3v) is 6.07. The van der Waals surface area contributed by atoms with Gasteiger partial charge in [-0.2, -0.15) is 4.31 Å². The van der Waals surface area contributed by atoms with Crippen molar-refractivity contribution in [1.82, 2.24) is 13.9 Å². The van der Waals surface area contributed by atoms with E-state index in [1.54, 1.807) is 13.3 Å². The molecule has 1 aromatic carbocycles. The van der Waals surface area contributed by atoms with E-state index in [4.69, 9.17) is 0 Å². The van der Waals surface area contributed by atoms with E-state index in [0.29, 0.717) is 25.1 Å². The van der Waals surface area contributed by atoms with Crippen LogP contribution in [0.5, 0.6) is 0 Å². The molecule has 0 fully saturated rings. The minimum atomic E-state index is -3.64. The Balaban J connectivity index is 1.95. The van der Waals surface area contributed by atoms with Crippen LogP contribution in [0.25, 0.3) is 0 Å². The van der Waals surface area contributed by atoms with Crippen molar-refractivity contribution < 1.29 is 12.8 Å². The molecule has 0 N–H and O–H groups in total. The summed E-state index contributed by atoms with van der Waals surface area (Å²) in [5, 5.41) is 0. The standard InChI is InChI=1S/C16H20FN3O2S/c1-11(2)20-10-18-15-6-7-19(9-16(15)20)23(21,22)13-4-5-14(17)12(3)8-13/h4-5,8,10-11H,6-7,9H2,1-3H3. The summed E-state index contributed by atoms with van der Waals surface area (Å²) in [5.74, 6) is -0.400. The summed E-state index contributed by atoms with van der Waals surface area (Å²) in [5.41, 5.74) is 2.23. The lowest BCUT2D eigenvalue weighted by atomic mass is 10.2. The van der Waals surface area contributed by atoms with Crippen LogP contribution in [0.4, 0.5) is 4.39 Å². The minimum absolute atomic E-state index is 0.135. The van der Waals surface area contributed by atoms with Crippen molar-refractivity contribution in [3.63, 3.8) is 0 Å². The molecule has 1 aliphatic heterocycles. The number of halogens is 1. The molecule has 23 heavy (non-hydrogen) atoms. The van der Waals surface area contributed by atoms with E-state index in [2.05, 4.69) is 4.98 Å². The highest BCUT2D eigenvalue weighted by atomic mass is 32.2. The number of hydrogen-bond acceptors (Lipinski definition) is 3. The Morgan fingerprint density at radius 1 is 1.30 bits per heavy atom. The summed E-state index contributed by atoms with van der Waals surface area (Å²) >= 11 is 0. The van der Waals surface area contributed by atoms with Crippen LogP contribution in [-0.4, -0.2) is 28.8 Å². The summed E-state index contributed by atoms with van der Waals surface area (Å²) in [7, 11) is -3.64. The van der Waals surface area contributed by atoms with Gasteiger partial charge in [0.15, 0.2) is 0 Å². The summed E-state index contributed by atoms with van der Waals surface area (Å²) in [6, 6.07) is 4.14. The first-order valence-electron chi connectivity index (χ1n) is 7.61. The van der Waals surface area contributed by atoms with E-state index < -0.39 is 15.8 Å². The van der Waals surface area contributed by atoms with E-state index >= 15 is 0 Å². The Morgan fingerprint density at radius 2 is 2.04 bits per heavy atom. The summed E-state index contributed by atoms with van der Waals surface area (Å²) in [6.45, 7) is 6.33. The Kier molecular flexibility index (Phi) is 4.01. The highest BCUT2D eigenvalue weighted by Gasteiger charge is 2.31. The summed E-state index contributed by atoms with van der Waals surface area (Å²) in [6.07, 6.45) is 2.36. The van der Waals surface area contributed by atoms with Gasteiger partial charge in [0, 0.05) is 19.0 Å². The van der Waals surface area contributed by atoms with Gasteiger partial charge in [0.2, 0.25) is 10.0 Å². The smallest absolute Gasteiger partial charge is 0.243 e. The average Bonchev–Trinajstić information content (AvgIpc) is 2.93. The number of hydrogen-bond donors (Lipinski definition) is 0. The molecule has 124 valence electrons. The number of aryl methyl sites for hydroxylation is 1. The van der Waals surface area contributed by atoms with E-state index in [9.17, 15) is 12.8 Å². The Bertz CT molecular complexity index is 843. The molecule has 3 rings (SSSR count). The topological polar surface area (TPSA) is 55.2 Å². The average molecular weight is 337 g/mol. The van der Waals surface area contributed by atoms with Gasteiger partial charge in [-0.3, -0.25) is 0 Å². The molecular formula is C16H20FN3O2S. The van der Waals surface area contributed by atoms with Crippen molar-refractivity contribution in [3.05, 3.63) is 47.3 Å². The number of imidazole rings is 1. The molecule has 1 aromatic heterocycles. The van der Waals surface area contributed by atoms with Crippen LogP contribution in [0.2, 0.25) is 0 Å². The van der Waals surface area contributed by atoms with E-state index in [0.717, 1.165) is 11.4 Å². The van der Waals surface area contributed by atoms with Crippen molar-refractivity contribution in [2.24, 2.45) is 0 Å². The molecule has 7 heteroatoms. The molecule has 0 saturated heterocycles. The zero-order chi connectivity index (χ0) is 16.8. The zero-order valence-corrected chi connectivity index (χ0v) is 14.3. The number of fused-ring (bicyclic) bond motifs is 1. The summed E-state index contributed by atoms with van der Waals surface area (Å²) < 4.78 is 42.5. The number of benzene rings is 1. The SMILES string of the molecule is Cc1cc(S(=O)(=O)N2CCc3ncn(C(C)C)c3C2)ccc1F. The molecule has 0 aliphatic carbocycles. The van der Waals surface area contributed by atoms with E-state index in [-0.39, 0.29) is 10.9 Å². The molecule has 2 aromatic rings. The minimum Gasteiger partial charge on any atom is -0.331 e. The Morgan fingerprint density at radius 3 is 2.70 bits per heavy atom. The van der Waals surface area contributed by atoms with Crippen molar-refractivity contribution in [2.75, 3.05) is 6.54 Å². The molecule has 0 atom stereocenters. The molecule has 0 saturated carbocycles. The van der Waals surface area contributed by atoms with Crippen LogP contribution in [0.1, 0.15) is 36.8 Å². The number of nitrogens with zero attached hydrogens (tertiary/aromatic N) is 3. The van der Waals surface area contributed by atoms with Crippen LogP contribution >= 0.6 is 0 Å². The molecule has 2 heterocycles. The Hall–Kier alpha value is -1.73. The van der Waals surface area contributed by atoms with Gasteiger partial charge in [-0.25, -0.2) is 17.8 Å². The lowest BCUT2D eigenvalue weighted by molar-refractivity contribution is 0.372. The maximum absolute atomic E-state index is 13.4. The molecule has 0 amide bonds. The van der Waals surface area contributed by atoms with Gasteiger partial charge in [0.25, 0.3) is 0 Å². The van der Waals surface area contributed by atoms with Crippen LogP contribution < -0.4 is 0 Å². The quantitative estimate of drug-likeness (QED) is 0.865. The second-order valence-electron chi connectivity index (χ2n) is 6.14. The maximum atomic E-state index is 13.4. The van der Waals surface area contributed by atoms with Crippen LogP contribution in [0, 0.1) is 12.7 Å². The lowest BCUT2D eigenvalue weighted by Gasteiger charge is -2.27. The van der Waals surface area contributed by atoms with Gasteiger partial charge < -0.3 is 4.57 Å². The van der Waals surface area contributed by atoms with E-state index in [1.807, 2.05) is 18.4 Å². The zero-order valence-electron chi connectivity index (χ0n) is 13.5. The monoisotopic (exact) mass is 337 g/mol. The van der Waals surface area contributed by atoms with Gasteiger partial charge in [0.1, 0.15) is 5.82 Å². The number of aromatic nitrogens is 2. The van der Waals surface area contributed by atoms with Crippen LogP contribution in [0.3, 0.4) is 0 Å². The second-order valence-corrected chi connectivity index (χ2v) is 8.08. The first-order valence-corrected chi connectivity index (χ1v) is 9.05. The van der Waals surface area contributed by atoms with Gasteiger partial charge in [0.05, 0.1) is 29.2 Å². The normalized spacial score (nSPS) is 15.9. The highest BCUT2D eigenvalue weighted by molar-refractivity contribution is 7.89.